The predicted octanol–water partition coefficient (Wildman–Crippen LogP) is 2.89. The van der Waals surface area contributed by atoms with Crippen molar-refractivity contribution in [2.24, 2.45) is 5.73 Å². The second kappa shape index (κ2) is 4.69. The highest BCUT2D eigenvalue weighted by atomic mass is 29.3. The first-order chi connectivity index (χ1) is 6.74. The minimum Gasteiger partial charge on any atom is -0.417 e. The molecule has 90 valence electrons. The van der Waals surface area contributed by atoms with E-state index in [0.717, 1.165) is 6.42 Å². The molecule has 0 amide bonds. The van der Waals surface area contributed by atoms with E-state index in [1.165, 1.54) is 18.9 Å². The fraction of sp³-hybridized carbons (Fsp3) is 1.00. The average Bonchev–Trinajstić information content (AvgIpc) is 2.07. The molecule has 1 heterocycles. The summed E-state index contributed by atoms with van der Waals surface area (Å²) >= 11 is 0. The molecular formula is C11H27NOSi2. The second-order valence-electron chi connectivity index (χ2n) is 6.23. The molecule has 1 aliphatic heterocycles. The Kier molecular flexibility index (Phi) is 4.20. The summed E-state index contributed by atoms with van der Waals surface area (Å²) in [6, 6.07) is 1.78. The summed E-state index contributed by atoms with van der Waals surface area (Å²) in [5.74, 6) is 0. The Balaban J connectivity index is 2.48. The van der Waals surface area contributed by atoms with Crippen LogP contribution in [0, 0.1) is 0 Å². The van der Waals surface area contributed by atoms with Crippen LogP contribution in [-0.2, 0) is 4.43 Å². The van der Waals surface area contributed by atoms with Gasteiger partial charge in [-0.3, -0.25) is 0 Å². The van der Waals surface area contributed by atoms with E-state index >= 15 is 0 Å². The molecule has 0 aromatic carbocycles. The fourth-order valence-electron chi connectivity index (χ4n) is 2.11. The van der Waals surface area contributed by atoms with Gasteiger partial charge in [0.15, 0.2) is 7.83 Å². The molecule has 0 aromatic rings. The minimum atomic E-state index is -1.36. The molecule has 0 aliphatic carbocycles. The minimum absolute atomic E-state index is 0.325. The van der Waals surface area contributed by atoms with Gasteiger partial charge in [0.25, 0.3) is 0 Å². The number of nitrogens with two attached hydrogens (primary N) is 1. The third-order valence-electron chi connectivity index (χ3n) is 4.13. The van der Waals surface area contributed by atoms with Gasteiger partial charge in [-0.25, -0.2) is 0 Å². The molecule has 0 spiro atoms. The van der Waals surface area contributed by atoms with Gasteiger partial charge in [-0.15, -0.1) is 0 Å². The smallest absolute Gasteiger partial charge is 0.174 e. The zero-order valence-corrected chi connectivity index (χ0v) is 13.0. The van der Waals surface area contributed by atoms with Crippen molar-refractivity contribution in [3.63, 3.8) is 0 Å². The van der Waals surface area contributed by atoms with E-state index in [1.807, 2.05) is 0 Å². The van der Waals surface area contributed by atoms with Gasteiger partial charge in [0.1, 0.15) is 0 Å². The molecule has 0 radical (unpaired) electrons. The topological polar surface area (TPSA) is 35.2 Å². The summed E-state index contributed by atoms with van der Waals surface area (Å²) in [4.78, 5) is 0. The standard InChI is InChI=1S/C11H27NOSi2/c1-10(12)6-7-11-8-9-14(2,3)15(4,5)13-11/h10-11H,6-9,12H2,1-5H3. The monoisotopic (exact) mass is 245 g/mol. The van der Waals surface area contributed by atoms with Gasteiger partial charge in [-0.2, -0.15) is 0 Å². The number of hydrogen-bond acceptors (Lipinski definition) is 2. The van der Waals surface area contributed by atoms with Gasteiger partial charge < -0.3 is 10.2 Å². The van der Waals surface area contributed by atoms with E-state index in [1.54, 1.807) is 0 Å². The number of rotatable bonds is 3. The maximum absolute atomic E-state index is 6.38. The van der Waals surface area contributed by atoms with Crippen molar-refractivity contribution in [3.8, 4) is 0 Å². The van der Waals surface area contributed by atoms with E-state index < -0.39 is 15.4 Å². The third-order valence-corrected chi connectivity index (χ3v) is 20.7. The van der Waals surface area contributed by atoms with Crippen LogP contribution in [0.25, 0.3) is 0 Å². The van der Waals surface area contributed by atoms with Crippen LogP contribution in [0.2, 0.25) is 32.2 Å². The van der Waals surface area contributed by atoms with Gasteiger partial charge in [0, 0.05) is 12.1 Å². The van der Waals surface area contributed by atoms with Crippen molar-refractivity contribution in [2.75, 3.05) is 0 Å². The summed E-state index contributed by atoms with van der Waals surface area (Å²) in [6.45, 7) is 11.9. The maximum Gasteiger partial charge on any atom is 0.174 e. The molecule has 2 nitrogen and oxygen atoms in total. The highest BCUT2D eigenvalue weighted by molar-refractivity contribution is 7.38. The van der Waals surface area contributed by atoms with Gasteiger partial charge in [0.2, 0.25) is 0 Å². The highest BCUT2D eigenvalue weighted by Crippen LogP contribution is 2.34. The van der Waals surface area contributed by atoms with Crippen LogP contribution in [0.15, 0.2) is 0 Å². The molecule has 1 saturated heterocycles. The van der Waals surface area contributed by atoms with Crippen molar-refractivity contribution in [1.29, 1.82) is 0 Å². The first-order valence-corrected chi connectivity index (χ1v) is 13.3. The van der Waals surface area contributed by atoms with Crippen molar-refractivity contribution in [3.05, 3.63) is 0 Å². The molecule has 2 N–H and O–H groups in total. The SMILES string of the molecule is CC(N)CCC1CC[Si](C)(C)[Si](C)(C)O1. The van der Waals surface area contributed by atoms with Crippen molar-refractivity contribution in [2.45, 2.75) is 70.6 Å². The third kappa shape index (κ3) is 3.41. The van der Waals surface area contributed by atoms with E-state index in [4.69, 9.17) is 10.2 Å². The van der Waals surface area contributed by atoms with Crippen LogP contribution >= 0.6 is 0 Å². The maximum atomic E-state index is 6.38. The molecule has 0 aromatic heterocycles. The summed E-state index contributed by atoms with van der Waals surface area (Å²) in [5, 5.41) is 0. The lowest BCUT2D eigenvalue weighted by Crippen LogP contribution is -2.61. The van der Waals surface area contributed by atoms with Crippen molar-refractivity contribution in [1.82, 2.24) is 0 Å². The van der Waals surface area contributed by atoms with Gasteiger partial charge in [0.05, 0.1) is 7.59 Å². The van der Waals surface area contributed by atoms with Crippen LogP contribution in [0.4, 0.5) is 0 Å². The van der Waals surface area contributed by atoms with Crippen molar-refractivity contribution >= 4 is 15.4 Å². The molecule has 0 saturated carbocycles. The molecule has 1 fully saturated rings. The van der Waals surface area contributed by atoms with Gasteiger partial charge in [-0.1, -0.05) is 19.1 Å². The molecule has 4 heteroatoms. The Morgan fingerprint density at radius 2 is 1.93 bits per heavy atom. The zero-order valence-electron chi connectivity index (χ0n) is 11.0. The molecule has 1 aliphatic rings. The molecular weight excluding hydrogens is 218 g/mol. The molecule has 2 atom stereocenters. The quantitative estimate of drug-likeness (QED) is 0.776. The molecule has 2 unspecified atom stereocenters. The first kappa shape index (κ1) is 13.4. The lowest BCUT2D eigenvalue weighted by Gasteiger charge is -2.46. The molecule has 1 rings (SSSR count). The van der Waals surface area contributed by atoms with Gasteiger partial charge >= 0.3 is 0 Å². The molecule has 0 bridgehead atoms. The van der Waals surface area contributed by atoms with E-state index in [9.17, 15) is 0 Å². The lowest BCUT2D eigenvalue weighted by atomic mass is 10.1. The summed E-state index contributed by atoms with van der Waals surface area (Å²) in [7, 11) is -2.39. The Morgan fingerprint density at radius 3 is 2.40 bits per heavy atom. The summed E-state index contributed by atoms with van der Waals surface area (Å²) < 4.78 is 6.38. The Bertz CT molecular complexity index is 215. The van der Waals surface area contributed by atoms with Crippen LogP contribution in [0.1, 0.15) is 26.2 Å². The van der Waals surface area contributed by atoms with Crippen molar-refractivity contribution < 1.29 is 4.43 Å². The van der Waals surface area contributed by atoms with Crippen LogP contribution in [0.5, 0.6) is 0 Å². The average molecular weight is 246 g/mol. The Morgan fingerprint density at radius 1 is 1.33 bits per heavy atom. The zero-order chi connectivity index (χ0) is 11.7. The normalized spacial score (nSPS) is 31.2. The number of hydrogen-bond donors (Lipinski definition) is 1. The van der Waals surface area contributed by atoms with Crippen LogP contribution in [0.3, 0.4) is 0 Å². The lowest BCUT2D eigenvalue weighted by molar-refractivity contribution is 0.170. The Hall–Kier alpha value is 0.354. The predicted molar refractivity (Wildman–Crippen MR) is 72.1 cm³/mol. The summed E-state index contributed by atoms with van der Waals surface area (Å²) in [5.41, 5.74) is 5.79. The van der Waals surface area contributed by atoms with E-state index in [-0.39, 0.29) is 0 Å². The second-order valence-corrected chi connectivity index (χ2v) is 21.4. The van der Waals surface area contributed by atoms with E-state index in [0.29, 0.717) is 12.1 Å². The first-order valence-electron chi connectivity index (χ1n) is 6.18. The van der Waals surface area contributed by atoms with E-state index in [2.05, 4.69) is 33.1 Å². The summed E-state index contributed by atoms with van der Waals surface area (Å²) in [6.07, 6.45) is 4.07. The molecule has 15 heavy (non-hydrogen) atoms. The van der Waals surface area contributed by atoms with Crippen LogP contribution in [-0.4, -0.2) is 27.6 Å². The fourth-order valence-corrected chi connectivity index (χ4v) is 8.84. The van der Waals surface area contributed by atoms with Crippen LogP contribution < -0.4 is 5.73 Å². The highest BCUT2D eigenvalue weighted by Gasteiger charge is 2.47. The Labute approximate surface area is 96.5 Å². The van der Waals surface area contributed by atoms with Gasteiger partial charge in [-0.05, 0) is 39.3 Å². The largest absolute Gasteiger partial charge is 0.417 e.